The average Bonchev–Trinajstić information content (AvgIpc) is 2.95. The Morgan fingerprint density at radius 2 is 1.51 bits per heavy atom. The Morgan fingerprint density at radius 3 is 2.22 bits per heavy atom. The molecule has 0 aliphatic carbocycles. The van der Waals surface area contributed by atoms with Gasteiger partial charge in [0, 0.05) is 63.6 Å². The van der Waals surface area contributed by atoms with Gasteiger partial charge in [-0.3, -0.25) is 14.6 Å². The molecule has 3 aromatic rings. The minimum atomic E-state index is -0.416. The van der Waals surface area contributed by atoms with Crippen LogP contribution in [-0.2, 0) is 11.3 Å². The molecule has 0 bridgehead atoms. The maximum absolute atomic E-state index is 11.3. The van der Waals surface area contributed by atoms with Crippen molar-refractivity contribution < 1.29 is 14.3 Å². The predicted molar refractivity (Wildman–Crippen MR) is 149 cm³/mol. The maximum Gasteiger partial charge on any atom is 0.252 e. The van der Waals surface area contributed by atoms with Gasteiger partial charge >= 0.3 is 0 Å². The Bertz CT molecular complexity index is 1160. The van der Waals surface area contributed by atoms with E-state index in [9.17, 15) is 4.79 Å². The summed E-state index contributed by atoms with van der Waals surface area (Å²) < 4.78 is 11.4. The second-order valence-corrected chi connectivity index (χ2v) is 9.91. The standard InChI is InChI=1S/C30H34ClN3O3/c31-30(35)25-5-9-27(10-6-25)34-15-13-33(14-16-34)23-26-3-1-2-4-29(26)24-7-11-28(12-8-24)37-22-19-32-17-20-36-21-18-32/h1-12H,13-23H2. The summed E-state index contributed by atoms with van der Waals surface area (Å²) in [5.74, 6) is 0.911. The Labute approximate surface area is 224 Å². The van der Waals surface area contributed by atoms with Gasteiger partial charge in [-0.15, -0.1) is 0 Å². The number of rotatable bonds is 9. The number of piperazine rings is 1. The molecule has 37 heavy (non-hydrogen) atoms. The molecule has 0 N–H and O–H groups in total. The highest BCUT2D eigenvalue weighted by Crippen LogP contribution is 2.27. The molecule has 0 atom stereocenters. The molecular weight excluding hydrogens is 486 g/mol. The summed E-state index contributed by atoms with van der Waals surface area (Å²) in [4.78, 5) is 18.6. The quantitative estimate of drug-likeness (QED) is 0.380. The lowest BCUT2D eigenvalue weighted by Gasteiger charge is -2.36. The van der Waals surface area contributed by atoms with E-state index in [4.69, 9.17) is 21.1 Å². The molecule has 2 heterocycles. The number of ether oxygens (including phenoxy) is 2. The highest BCUT2D eigenvalue weighted by Gasteiger charge is 2.19. The van der Waals surface area contributed by atoms with Crippen molar-refractivity contribution in [1.82, 2.24) is 9.80 Å². The number of benzene rings is 3. The normalized spacial score (nSPS) is 17.1. The summed E-state index contributed by atoms with van der Waals surface area (Å²) >= 11 is 5.58. The predicted octanol–water partition coefficient (Wildman–Crippen LogP) is 4.77. The molecule has 0 amide bonds. The van der Waals surface area contributed by atoms with Crippen LogP contribution in [0.4, 0.5) is 5.69 Å². The lowest BCUT2D eigenvalue weighted by Crippen LogP contribution is -2.46. The van der Waals surface area contributed by atoms with Gasteiger partial charge in [-0.1, -0.05) is 36.4 Å². The molecule has 2 aliphatic heterocycles. The Balaban J connectivity index is 1.15. The van der Waals surface area contributed by atoms with Crippen LogP contribution in [0, 0.1) is 0 Å². The highest BCUT2D eigenvalue weighted by atomic mass is 35.5. The van der Waals surface area contributed by atoms with Crippen molar-refractivity contribution in [3.63, 3.8) is 0 Å². The van der Waals surface area contributed by atoms with Gasteiger partial charge < -0.3 is 14.4 Å². The van der Waals surface area contributed by atoms with Crippen molar-refractivity contribution in [3.05, 3.63) is 83.9 Å². The summed E-state index contributed by atoms with van der Waals surface area (Å²) in [6.07, 6.45) is 0. The van der Waals surface area contributed by atoms with Crippen molar-refractivity contribution in [2.24, 2.45) is 0 Å². The summed E-state index contributed by atoms with van der Waals surface area (Å²) in [6.45, 7) is 10.0. The number of morpholine rings is 1. The number of carbonyl (C=O) groups excluding carboxylic acids is 1. The molecule has 0 saturated carbocycles. The van der Waals surface area contributed by atoms with E-state index < -0.39 is 5.24 Å². The van der Waals surface area contributed by atoms with Crippen molar-refractivity contribution in [2.75, 3.05) is 70.5 Å². The van der Waals surface area contributed by atoms with E-state index in [1.54, 1.807) is 12.1 Å². The number of halogens is 1. The summed E-state index contributed by atoms with van der Waals surface area (Å²) in [5, 5.41) is -0.416. The van der Waals surface area contributed by atoms with Gasteiger partial charge in [0.15, 0.2) is 0 Å². The number of anilines is 1. The maximum atomic E-state index is 11.3. The minimum absolute atomic E-state index is 0.416. The second kappa shape index (κ2) is 12.6. The molecule has 0 radical (unpaired) electrons. The third-order valence-electron chi connectivity index (χ3n) is 7.19. The lowest BCUT2D eigenvalue weighted by atomic mass is 9.99. The SMILES string of the molecule is O=C(Cl)c1ccc(N2CCN(Cc3ccccc3-c3ccc(OCCN4CCOCC4)cc3)CC2)cc1. The zero-order valence-corrected chi connectivity index (χ0v) is 21.9. The van der Waals surface area contributed by atoms with E-state index in [0.29, 0.717) is 12.2 Å². The molecule has 2 fully saturated rings. The molecule has 0 unspecified atom stereocenters. The third-order valence-corrected chi connectivity index (χ3v) is 7.41. The minimum Gasteiger partial charge on any atom is -0.492 e. The summed E-state index contributed by atoms with van der Waals surface area (Å²) in [7, 11) is 0. The summed E-state index contributed by atoms with van der Waals surface area (Å²) in [6, 6.07) is 24.7. The topological polar surface area (TPSA) is 45.2 Å². The van der Waals surface area contributed by atoms with E-state index >= 15 is 0 Å². The molecule has 7 heteroatoms. The van der Waals surface area contributed by atoms with Gasteiger partial charge in [0.05, 0.1) is 13.2 Å². The largest absolute Gasteiger partial charge is 0.492 e. The van der Waals surface area contributed by atoms with Crippen LogP contribution < -0.4 is 9.64 Å². The van der Waals surface area contributed by atoms with E-state index in [0.717, 1.165) is 77.0 Å². The van der Waals surface area contributed by atoms with Crippen LogP contribution in [0.3, 0.4) is 0 Å². The van der Waals surface area contributed by atoms with Crippen LogP contribution in [0.25, 0.3) is 11.1 Å². The number of nitrogens with zero attached hydrogens (tertiary/aromatic N) is 3. The molecule has 5 rings (SSSR count). The van der Waals surface area contributed by atoms with E-state index in [1.165, 1.54) is 16.7 Å². The smallest absolute Gasteiger partial charge is 0.252 e. The molecule has 2 saturated heterocycles. The second-order valence-electron chi connectivity index (χ2n) is 9.57. The van der Waals surface area contributed by atoms with Crippen molar-refractivity contribution in [2.45, 2.75) is 6.54 Å². The first kappa shape index (κ1) is 25.7. The van der Waals surface area contributed by atoms with Gasteiger partial charge in [0.2, 0.25) is 0 Å². The van der Waals surface area contributed by atoms with Crippen LogP contribution in [0.15, 0.2) is 72.8 Å². The van der Waals surface area contributed by atoms with E-state index in [-0.39, 0.29) is 0 Å². The van der Waals surface area contributed by atoms with Crippen LogP contribution in [0.2, 0.25) is 0 Å². The molecule has 6 nitrogen and oxygen atoms in total. The van der Waals surface area contributed by atoms with Gasteiger partial charge in [-0.25, -0.2) is 0 Å². The Kier molecular flexibility index (Phi) is 8.74. The van der Waals surface area contributed by atoms with E-state index in [2.05, 4.69) is 63.2 Å². The number of carbonyl (C=O) groups is 1. The van der Waals surface area contributed by atoms with Crippen LogP contribution in [0.1, 0.15) is 15.9 Å². The molecule has 0 spiro atoms. The first-order valence-electron chi connectivity index (χ1n) is 13.0. The highest BCUT2D eigenvalue weighted by molar-refractivity contribution is 6.67. The Hall–Kier alpha value is -2.90. The summed E-state index contributed by atoms with van der Waals surface area (Å²) in [5.41, 5.74) is 5.49. The molecular formula is C30H34ClN3O3. The first-order valence-corrected chi connectivity index (χ1v) is 13.4. The van der Waals surface area contributed by atoms with Gasteiger partial charge in [-0.2, -0.15) is 0 Å². The number of hydrogen-bond acceptors (Lipinski definition) is 6. The van der Waals surface area contributed by atoms with Crippen LogP contribution >= 0.6 is 11.6 Å². The monoisotopic (exact) mass is 519 g/mol. The zero-order valence-electron chi connectivity index (χ0n) is 21.2. The van der Waals surface area contributed by atoms with E-state index in [1.807, 2.05) is 12.1 Å². The third kappa shape index (κ3) is 6.90. The molecule has 194 valence electrons. The fourth-order valence-corrected chi connectivity index (χ4v) is 5.12. The fourth-order valence-electron chi connectivity index (χ4n) is 5.00. The van der Waals surface area contributed by atoms with Gasteiger partial charge in [-0.05, 0) is 64.7 Å². The van der Waals surface area contributed by atoms with Gasteiger partial charge in [0.25, 0.3) is 5.24 Å². The molecule has 3 aromatic carbocycles. The average molecular weight is 520 g/mol. The Morgan fingerprint density at radius 1 is 0.811 bits per heavy atom. The van der Waals surface area contributed by atoms with Crippen molar-refractivity contribution in [1.29, 1.82) is 0 Å². The first-order chi connectivity index (χ1) is 18.2. The number of hydrogen-bond donors (Lipinski definition) is 0. The fraction of sp³-hybridized carbons (Fsp3) is 0.367. The van der Waals surface area contributed by atoms with Gasteiger partial charge in [0.1, 0.15) is 12.4 Å². The zero-order chi connectivity index (χ0) is 25.5. The van der Waals surface area contributed by atoms with Crippen molar-refractivity contribution in [3.8, 4) is 16.9 Å². The molecule has 0 aromatic heterocycles. The molecule has 2 aliphatic rings. The lowest BCUT2D eigenvalue weighted by molar-refractivity contribution is 0.0322. The van der Waals surface area contributed by atoms with Crippen molar-refractivity contribution >= 4 is 22.5 Å². The van der Waals surface area contributed by atoms with Crippen LogP contribution in [0.5, 0.6) is 5.75 Å². The van der Waals surface area contributed by atoms with Crippen LogP contribution in [-0.4, -0.2) is 80.7 Å².